The van der Waals surface area contributed by atoms with E-state index in [0.717, 1.165) is 37.6 Å². The first-order valence-corrected chi connectivity index (χ1v) is 8.44. The Balaban J connectivity index is 1.87. The van der Waals surface area contributed by atoms with Crippen LogP contribution < -0.4 is 0 Å². The molecule has 0 atom stereocenters. The van der Waals surface area contributed by atoms with Gasteiger partial charge in [-0.05, 0) is 19.1 Å². The fraction of sp³-hybridized carbons (Fsp3) is 0.692. The third-order valence-electron chi connectivity index (χ3n) is 3.53. The summed E-state index contributed by atoms with van der Waals surface area (Å²) >= 11 is 0. The Morgan fingerprint density at radius 1 is 1.11 bits per heavy atom. The molecule has 1 aromatic rings. The number of piperazine rings is 1. The minimum absolute atomic E-state index is 0.186. The van der Waals surface area contributed by atoms with Crippen molar-refractivity contribution in [2.75, 3.05) is 31.9 Å². The summed E-state index contributed by atoms with van der Waals surface area (Å²) in [6.45, 7) is 7.21. The summed E-state index contributed by atoms with van der Waals surface area (Å²) in [4.78, 5) is 2.24. The van der Waals surface area contributed by atoms with Gasteiger partial charge in [-0.2, -0.15) is 4.31 Å². The average molecular weight is 286 g/mol. The highest BCUT2D eigenvalue weighted by atomic mass is 32.2. The van der Waals surface area contributed by atoms with Crippen molar-refractivity contribution in [3.8, 4) is 0 Å². The first kappa shape index (κ1) is 14.6. The molecule has 0 radical (unpaired) electrons. The molecule has 0 saturated carbocycles. The Labute approximate surface area is 115 Å². The maximum absolute atomic E-state index is 11.8. The Morgan fingerprint density at radius 3 is 2.26 bits per heavy atom. The van der Waals surface area contributed by atoms with E-state index >= 15 is 0 Å². The van der Waals surface area contributed by atoms with Gasteiger partial charge in [0, 0.05) is 32.6 Å². The summed E-state index contributed by atoms with van der Waals surface area (Å²) in [6.07, 6.45) is 0.905. The van der Waals surface area contributed by atoms with E-state index in [0.29, 0.717) is 13.1 Å². The van der Waals surface area contributed by atoms with Crippen LogP contribution in [-0.2, 0) is 23.0 Å². The van der Waals surface area contributed by atoms with Crippen LogP contribution in [0.3, 0.4) is 0 Å². The predicted molar refractivity (Wildman–Crippen MR) is 74.4 cm³/mol. The fourth-order valence-corrected chi connectivity index (χ4v) is 3.35. The summed E-state index contributed by atoms with van der Waals surface area (Å²) in [6, 6.07) is 4.01. The smallest absolute Gasteiger partial charge is 0.213 e. The lowest BCUT2D eigenvalue weighted by atomic mass is 10.3. The third kappa shape index (κ3) is 3.58. The highest BCUT2D eigenvalue weighted by Crippen LogP contribution is 2.14. The first-order chi connectivity index (χ1) is 9.05. The summed E-state index contributed by atoms with van der Waals surface area (Å²) in [7, 11) is -3.03. The van der Waals surface area contributed by atoms with Gasteiger partial charge in [-0.15, -0.1) is 0 Å². The zero-order valence-electron chi connectivity index (χ0n) is 11.6. The average Bonchev–Trinajstić information content (AvgIpc) is 2.87. The highest BCUT2D eigenvalue weighted by molar-refractivity contribution is 7.89. The van der Waals surface area contributed by atoms with Gasteiger partial charge in [0.2, 0.25) is 10.0 Å². The molecule has 0 spiro atoms. The van der Waals surface area contributed by atoms with Gasteiger partial charge in [-0.25, -0.2) is 8.42 Å². The Kier molecular flexibility index (Phi) is 4.65. The van der Waals surface area contributed by atoms with Crippen molar-refractivity contribution in [1.29, 1.82) is 0 Å². The van der Waals surface area contributed by atoms with Crippen molar-refractivity contribution in [2.24, 2.45) is 0 Å². The molecule has 6 heteroatoms. The molecule has 108 valence electrons. The van der Waals surface area contributed by atoms with Crippen LogP contribution in [0.4, 0.5) is 0 Å². The lowest BCUT2D eigenvalue weighted by molar-refractivity contribution is 0.170. The minimum atomic E-state index is -3.03. The molecular formula is C13H22N2O3S. The van der Waals surface area contributed by atoms with E-state index in [1.54, 1.807) is 11.2 Å². The van der Waals surface area contributed by atoms with E-state index in [1.165, 1.54) is 0 Å². The van der Waals surface area contributed by atoms with Crippen LogP contribution in [0.5, 0.6) is 0 Å². The van der Waals surface area contributed by atoms with Crippen LogP contribution in [0.1, 0.15) is 25.4 Å². The fourth-order valence-electron chi connectivity index (χ4n) is 2.27. The normalized spacial score (nSPS) is 18.8. The summed E-state index contributed by atoms with van der Waals surface area (Å²) in [5.74, 6) is 2.15. The molecule has 0 aliphatic carbocycles. The van der Waals surface area contributed by atoms with E-state index in [-0.39, 0.29) is 5.75 Å². The number of hydrogen-bond donors (Lipinski definition) is 0. The SMILES string of the molecule is CCc1ccc(CN2CCN(S(=O)(=O)CC)CC2)o1. The molecule has 0 aromatic carbocycles. The molecular weight excluding hydrogens is 264 g/mol. The molecule has 1 aliphatic heterocycles. The summed E-state index contributed by atoms with van der Waals surface area (Å²) < 4.78 is 30.8. The first-order valence-electron chi connectivity index (χ1n) is 6.83. The Bertz CT molecular complexity index is 502. The van der Waals surface area contributed by atoms with E-state index in [1.807, 2.05) is 12.1 Å². The standard InChI is InChI=1S/C13H22N2O3S/c1-3-12-5-6-13(18-12)11-14-7-9-15(10-8-14)19(16,17)4-2/h5-6H,3-4,7-11H2,1-2H3. The number of sulfonamides is 1. The quantitative estimate of drug-likeness (QED) is 0.819. The van der Waals surface area contributed by atoms with Crippen molar-refractivity contribution in [2.45, 2.75) is 26.8 Å². The van der Waals surface area contributed by atoms with Crippen molar-refractivity contribution >= 4 is 10.0 Å². The molecule has 1 fully saturated rings. The van der Waals surface area contributed by atoms with Gasteiger partial charge in [0.1, 0.15) is 11.5 Å². The minimum Gasteiger partial charge on any atom is -0.465 e. The molecule has 0 amide bonds. The second-order valence-corrected chi connectivity index (χ2v) is 7.05. The van der Waals surface area contributed by atoms with Gasteiger partial charge < -0.3 is 4.42 Å². The number of furan rings is 1. The monoisotopic (exact) mass is 286 g/mol. The highest BCUT2D eigenvalue weighted by Gasteiger charge is 2.25. The number of rotatable bonds is 5. The summed E-state index contributed by atoms with van der Waals surface area (Å²) in [5, 5.41) is 0. The van der Waals surface area contributed by atoms with Crippen LogP contribution in [-0.4, -0.2) is 49.6 Å². The molecule has 19 heavy (non-hydrogen) atoms. The molecule has 2 heterocycles. The van der Waals surface area contributed by atoms with Crippen molar-refractivity contribution in [3.63, 3.8) is 0 Å². The van der Waals surface area contributed by atoms with Gasteiger partial charge in [0.05, 0.1) is 12.3 Å². The third-order valence-corrected chi connectivity index (χ3v) is 5.42. The predicted octanol–water partition coefficient (Wildman–Crippen LogP) is 1.31. The Morgan fingerprint density at radius 2 is 1.74 bits per heavy atom. The van der Waals surface area contributed by atoms with E-state index in [2.05, 4.69) is 11.8 Å². The maximum Gasteiger partial charge on any atom is 0.213 e. The molecule has 0 N–H and O–H groups in total. The molecule has 0 bridgehead atoms. The molecule has 2 rings (SSSR count). The largest absolute Gasteiger partial charge is 0.465 e. The molecule has 1 aliphatic rings. The van der Waals surface area contributed by atoms with Crippen LogP contribution in [0.25, 0.3) is 0 Å². The zero-order valence-corrected chi connectivity index (χ0v) is 12.4. The van der Waals surface area contributed by atoms with Crippen molar-refractivity contribution in [3.05, 3.63) is 23.7 Å². The van der Waals surface area contributed by atoms with E-state index in [4.69, 9.17) is 4.42 Å². The topological polar surface area (TPSA) is 53.8 Å². The van der Waals surface area contributed by atoms with Crippen LogP contribution in [0.15, 0.2) is 16.5 Å². The van der Waals surface area contributed by atoms with Gasteiger partial charge in [0.25, 0.3) is 0 Å². The maximum atomic E-state index is 11.8. The van der Waals surface area contributed by atoms with Crippen molar-refractivity contribution < 1.29 is 12.8 Å². The second kappa shape index (κ2) is 6.07. The van der Waals surface area contributed by atoms with Gasteiger partial charge in [-0.1, -0.05) is 6.92 Å². The molecule has 0 unspecified atom stereocenters. The van der Waals surface area contributed by atoms with Crippen LogP contribution in [0.2, 0.25) is 0 Å². The van der Waals surface area contributed by atoms with Gasteiger partial charge >= 0.3 is 0 Å². The number of nitrogens with zero attached hydrogens (tertiary/aromatic N) is 2. The molecule has 5 nitrogen and oxygen atoms in total. The second-order valence-electron chi connectivity index (χ2n) is 4.80. The van der Waals surface area contributed by atoms with Gasteiger partial charge in [-0.3, -0.25) is 4.90 Å². The van der Waals surface area contributed by atoms with E-state index < -0.39 is 10.0 Å². The summed E-state index contributed by atoms with van der Waals surface area (Å²) in [5.41, 5.74) is 0. The van der Waals surface area contributed by atoms with Gasteiger partial charge in [0.15, 0.2) is 0 Å². The van der Waals surface area contributed by atoms with Crippen LogP contribution >= 0.6 is 0 Å². The lowest BCUT2D eigenvalue weighted by Crippen LogP contribution is -2.48. The molecule has 1 saturated heterocycles. The Hall–Kier alpha value is -0.850. The number of aryl methyl sites for hydroxylation is 1. The van der Waals surface area contributed by atoms with Crippen LogP contribution in [0, 0.1) is 0 Å². The molecule has 1 aromatic heterocycles. The van der Waals surface area contributed by atoms with Crippen molar-refractivity contribution in [1.82, 2.24) is 9.21 Å². The lowest BCUT2D eigenvalue weighted by Gasteiger charge is -2.33. The zero-order chi connectivity index (χ0) is 13.9. The van der Waals surface area contributed by atoms with E-state index in [9.17, 15) is 8.42 Å². The number of hydrogen-bond acceptors (Lipinski definition) is 4.